The van der Waals surface area contributed by atoms with Crippen LogP contribution >= 0.6 is 15.9 Å². The molecular weight excluding hydrogens is 264 g/mol. The standard InChI is InChI=1S/C13H13BrN2/c1-10-8-11(14)9-15-13(10)16(2)12-6-4-3-5-7-12/h3-9H,1-2H3. The molecule has 82 valence electrons. The highest BCUT2D eigenvalue weighted by molar-refractivity contribution is 9.10. The van der Waals surface area contributed by atoms with Crippen LogP contribution in [0, 0.1) is 6.92 Å². The van der Waals surface area contributed by atoms with Gasteiger partial charge in [-0.1, -0.05) is 18.2 Å². The molecule has 16 heavy (non-hydrogen) atoms. The van der Waals surface area contributed by atoms with E-state index in [9.17, 15) is 0 Å². The Kier molecular flexibility index (Phi) is 3.25. The second-order valence-electron chi connectivity index (χ2n) is 3.69. The summed E-state index contributed by atoms with van der Waals surface area (Å²) in [4.78, 5) is 6.52. The summed E-state index contributed by atoms with van der Waals surface area (Å²) >= 11 is 3.42. The Bertz CT molecular complexity index is 483. The van der Waals surface area contributed by atoms with Crippen molar-refractivity contribution < 1.29 is 0 Å². The smallest absolute Gasteiger partial charge is 0.135 e. The van der Waals surface area contributed by atoms with E-state index in [1.165, 1.54) is 0 Å². The summed E-state index contributed by atoms with van der Waals surface area (Å²) in [6, 6.07) is 12.3. The highest BCUT2D eigenvalue weighted by Crippen LogP contribution is 2.25. The first-order chi connectivity index (χ1) is 7.68. The Morgan fingerprint density at radius 2 is 1.88 bits per heavy atom. The number of hydrogen-bond acceptors (Lipinski definition) is 2. The number of rotatable bonds is 2. The van der Waals surface area contributed by atoms with E-state index in [-0.39, 0.29) is 0 Å². The maximum absolute atomic E-state index is 4.43. The predicted octanol–water partition coefficient (Wildman–Crippen LogP) is 3.92. The Morgan fingerprint density at radius 1 is 1.19 bits per heavy atom. The molecule has 0 radical (unpaired) electrons. The number of aryl methyl sites for hydroxylation is 1. The van der Waals surface area contributed by atoms with Gasteiger partial charge in [-0.25, -0.2) is 4.98 Å². The molecule has 0 aliphatic heterocycles. The summed E-state index contributed by atoms with van der Waals surface area (Å²) in [5, 5.41) is 0. The van der Waals surface area contributed by atoms with Crippen LogP contribution in [0.3, 0.4) is 0 Å². The lowest BCUT2D eigenvalue weighted by Crippen LogP contribution is -2.12. The zero-order valence-corrected chi connectivity index (χ0v) is 10.9. The van der Waals surface area contributed by atoms with Crippen LogP contribution in [0.1, 0.15) is 5.56 Å². The summed E-state index contributed by atoms with van der Waals surface area (Å²) < 4.78 is 1.01. The van der Waals surface area contributed by atoms with Gasteiger partial charge >= 0.3 is 0 Å². The minimum absolute atomic E-state index is 0.981. The van der Waals surface area contributed by atoms with Crippen molar-refractivity contribution in [3.63, 3.8) is 0 Å². The molecule has 1 aromatic heterocycles. The molecule has 0 saturated heterocycles. The van der Waals surface area contributed by atoms with E-state index in [0.717, 1.165) is 21.5 Å². The molecule has 2 nitrogen and oxygen atoms in total. The van der Waals surface area contributed by atoms with Crippen LogP contribution < -0.4 is 4.90 Å². The SMILES string of the molecule is Cc1cc(Br)cnc1N(C)c1ccccc1. The number of halogens is 1. The maximum Gasteiger partial charge on any atom is 0.135 e. The van der Waals surface area contributed by atoms with Crippen molar-refractivity contribution >= 4 is 27.4 Å². The third kappa shape index (κ3) is 2.25. The van der Waals surface area contributed by atoms with Crippen LogP contribution in [0.5, 0.6) is 0 Å². The Hall–Kier alpha value is -1.35. The van der Waals surface area contributed by atoms with Crippen LogP contribution in [-0.4, -0.2) is 12.0 Å². The monoisotopic (exact) mass is 276 g/mol. The minimum Gasteiger partial charge on any atom is -0.329 e. The Balaban J connectivity index is 2.38. The predicted molar refractivity (Wildman–Crippen MR) is 71.2 cm³/mol. The number of anilines is 2. The zero-order valence-electron chi connectivity index (χ0n) is 9.31. The highest BCUT2D eigenvalue weighted by atomic mass is 79.9. The highest BCUT2D eigenvalue weighted by Gasteiger charge is 2.07. The summed E-state index contributed by atoms with van der Waals surface area (Å²) in [5.41, 5.74) is 2.29. The Labute approximate surface area is 104 Å². The molecule has 0 spiro atoms. The normalized spacial score (nSPS) is 10.2. The molecule has 0 saturated carbocycles. The fourth-order valence-corrected chi connectivity index (χ4v) is 2.10. The lowest BCUT2D eigenvalue weighted by Gasteiger charge is -2.20. The van der Waals surface area contributed by atoms with Crippen molar-refractivity contribution in [2.45, 2.75) is 6.92 Å². The molecule has 0 unspecified atom stereocenters. The first-order valence-electron chi connectivity index (χ1n) is 5.09. The average Bonchev–Trinajstić information content (AvgIpc) is 2.29. The van der Waals surface area contributed by atoms with Gasteiger partial charge in [0.05, 0.1) is 0 Å². The molecule has 0 aliphatic carbocycles. The van der Waals surface area contributed by atoms with Gasteiger partial charge in [0.15, 0.2) is 0 Å². The molecule has 3 heteroatoms. The molecular formula is C13H13BrN2. The quantitative estimate of drug-likeness (QED) is 0.827. The van der Waals surface area contributed by atoms with Crippen molar-refractivity contribution in [3.8, 4) is 0 Å². The van der Waals surface area contributed by atoms with E-state index in [0.29, 0.717) is 0 Å². The van der Waals surface area contributed by atoms with Crippen molar-refractivity contribution in [2.24, 2.45) is 0 Å². The molecule has 0 N–H and O–H groups in total. The van der Waals surface area contributed by atoms with E-state index < -0.39 is 0 Å². The van der Waals surface area contributed by atoms with E-state index in [1.54, 1.807) is 0 Å². The van der Waals surface area contributed by atoms with Crippen LogP contribution in [0.25, 0.3) is 0 Å². The molecule has 0 bridgehead atoms. The van der Waals surface area contributed by atoms with Gasteiger partial charge in [-0.05, 0) is 46.6 Å². The molecule has 1 aromatic carbocycles. The molecule has 2 rings (SSSR count). The first-order valence-corrected chi connectivity index (χ1v) is 5.88. The Morgan fingerprint density at radius 3 is 2.50 bits per heavy atom. The average molecular weight is 277 g/mol. The maximum atomic E-state index is 4.43. The number of hydrogen-bond donors (Lipinski definition) is 0. The van der Waals surface area contributed by atoms with Gasteiger partial charge in [0, 0.05) is 23.4 Å². The number of nitrogens with zero attached hydrogens (tertiary/aromatic N) is 2. The molecule has 1 heterocycles. The lowest BCUT2D eigenvalue weighted by atomic mass is 10.2. The van der Waals surface area contributed by atoms with E-state index >= 15 is 0 Å². The van der Waals surface area contributed by atoms with Gasteiger partial charge in [-0.2, -0.15) is 0 Å². The second kappa shape index (κ2) is 4.66. The third-order valence-corrected chi connectivity index (χ3v) is 2.91. The molecule has 0 amide bonds. The van der Waals surface area contributed by atoms with E-state index in [1.807, 2.05) is 31.4 Å². The van der Waals surface area contributed by atoms with Gasteiger partial charge in [0.2, 0.25) is 0 Å². The van der Waals surface area contributed by atoms with Gasteiger partial charge in [0.25, 0.3) is 0 Å². The van der Waals surface area contributed by atoms with E-state index in [2.05, 4.69) is 50.9 Å². The van der Waals surface area contributed by atoms with Crippen LogP contribution in [-0.2, 0) is 0 Å². The third-order valence-electron chi connectivity index (χ3n) is 2.48. The topological polar surface area (TPSA) is 16.1 Å². The zero-order chi connectivity index (χ0) is 11.5. The molecule has 2 aromatic rings. The van der Waals surface area contributed by atoms with Gasteiger partial charge in [-0.3, -0.25) is 0 Å². The first kappa shape index (κ1) is 11.1. The summed E-state index contributed by atoms with van der Waals surface area (Å²) in [7, 11) is 2.03. The molecule has 0 fully saturated rings. The fourth-order valence-electron chi connectivity index (χ4n) is 1.66. The van der Waals surface area contributed by atoms with Gasteiger partial charge in [-0.15, -0.1) is 0 Å². The minimum atomic E-state index is 0.981. The van der Waals surface area contributed by atoms with E-state index in [4.69, 9.17) is 0 Å². The van der Waals surface area contributed by atoms with Crippen LogP contribution in [0.2, 0.25) is 0 Å². The van der Waals surface area contributed by atoms with Gasteiger partial charge in [0.1, 0.15) is 5.82 Å². The van der Waals surface area contributed by atoms with Crippen LogP contribution in [0.15, 0.2) is 47.1 Å². The molecule has 0 aliphatic rings. The number of aromatic nitrogens is 1. The summed E-state index contributed by atoms with van der Waals surface area (Å²) in [6.07, 6.45) is 1.82. The number of para-hydroxylation sites is 1. The van der Waals surface area contributed by atoms with Crippen molar-refractivity contribution in [3.05, 3.63) is 52.6 Å². The van der Waals surface area contributed by atoms with Crippen LogP contribution in [0.4, 0.5) is 11.5 Å². The van der Waals surface area contributed by atoms with Crippen molar-refractivity contribution in [1.29, 1.82) is 0 Å². The summed E-state index contributed by atoms with van der Waals surface area (Å²) in [5.74, 6) is 0.981. The fraction of sp³-hybridized carbons (Fsp3) is 0.154. The van der Waals surface area contributed by atoms with Crippen molar-refractivity contribution in [2.75, 3.05) is 11.9 Å². The van der Waals surface area contributed by atoms with Gasteiger partial charge < -0.3 is 4.90 Å². The summed E-state index contributed by atoms with van der Waals surface area (Å²) in [6.45, 7) is 2.06. The second-order valence-corrected chi connectivity index (χ2v) is 4.60. The number of pyridine rings is 1. The molecule has 0 atom stereocenters. The van der Waals surface area contributed by atoms with Crippen molar-refractivity contribution in [1.82, 2.24) is 4.98 Å². The lowest BCUT2D eigenvalue weighted by molar-refractivity contribution is 1.10. The number of benzene rings is 1. The largest absolute Gasteiger partial charge is 0.329 e.